The average molecular weight is 264 g/mol. The molecule has 1 aliphatic rings. The van der Waals surface area contributed by atoms with E-state index < -0.39 is 0 Å². The van der Waals surface area contributed by atoms with E-state index in [2.05, 4.69) is 0 Å². The predicted molar refractivity (Wildman–Crippen MR) is 70.9 cm³/mol. The SMILES string of the molecule is O=C(OC1CCCOC1CCCO)c1ccccc1. The lowest BCUT2D eigenvalue weighted by Gasteiger charge is -2.31. The van der Waals surface area contributed by atoms with Crippen molar-refractivity contribution >= 4 is 5.97 Å². The molecule has 0 amide bonds. The highest BCUT2D eigenvalue weighted by molar-refractivity contribution is 5.89. The van der Waals surface area contributed by atoms with Crippen molar-refractivity contribution in [3.8, 4) is 0 Å². The van der Waals surface area contributed by atoms with Gasteiger partial charge in [0.25, 0.3) is 0 Å². The fraction of sp³-hybridized carbons (Fsp3) is 0.533. The molecule has 19 heavy (non-hydrogen) atoms. The molecule has 1 fully saturated rings. The summed E-state index contributed by atoms with van der Waals surface area (Å²) in [6.45, 7) is 0.842. The fourth-order valence-corrected chi connectivity index (χ4v) is 2.29. The minimum absolute atomic E-state index is 0.0893. The zero-order valence-electron chi connectivity index (χ0n) is 11.0. The van der Waals surface area contributed by atoms with Crippen LogP contribution >= 0.6 is 0 Å². The van der Waals surface area contributed by atoms with Crippen LogP contribution in [0.4, 0.5) is 0 Å². The summed E-state index contributed by atoms with van der Waals surface area (Å²) in [6.07, 6.45) is 2.84. The second kappa shape index (κ2) is 7.26. The van der Waals surface area contributed by atoms with Gasteiger partial charge >= 0.3 is 5.97 Å². The molecule has 1 N–H and O–H groups in total. The molecule has 0 saturated carbocycles. The van der Waals surface area contributed by atoms with Crippen LogP contribution in [0.2, 0.25) is 0 Å². The number of ether oxygens (including phenoxy) is 2. The highest BCUT2D eigenvalue weighted by atomic mass is 16.6. The maximum atomic E-state index is 12.0. The summed E-state index contributed by atoms with van der Waals surface area (Å²) in [7, 11) is 0. The Kier molecular flexibility index (Phi) is 5.36. The number of carbonyl (C=O) groups excluding carboxylic acids is 1. The van der Waals surface area contributed by atoms with Gasteiger partial charge in [-0.15, -0.1) is 0 Å². The Balaban J connectivity index is 1.93. The predicted octanol–water partition coefficient (Wildman–Crippen LogP) is 2.16. The van der Waals surface area contributed by atoms with Gasteiger partial charge in [-0.1, -0.05) is 18.2 Å². The highest BCUT2D eigenvalue weighted by Crippen LogP contribution is 2.22. The van der Waals surface area contributed by atoms with Gasteiger partial charge < -0.3 is 14.6 Å². The lowest BCUT2D eigenvalue weighted by atomic mass is 10.0. The van der Waals surface area contributed by atoms with Gasteiger partial charge in [0.2, 0.25) is 0 Å². The van der Waals surface area contributed by atoms with Crippen LogP contribution in [0.3, 0.4) is 0 Å². The second-order valence-corrected chi connectivity index (χ2v) is 4.73. The minimum atomic E-state index is -0.301. The first-order chi connectivity index (χ1) is 9.31. The molecule has 2 rings (SSSR count). The number of carbonyl (C=O) groups is 1. The Morgan fingerprint density at radius 1 is 1.37 bits per heavy atom. The monoisotopic (exact) mass is 264 g/mol. The fourth-order valence-electron chi connectivity index (χ4n) is 2.29. The Hall–Kier alpha value is -1.39. The van der Waals surface area contributed by atoms with Gasteiger partial charge in [-0.25, -0.2) is 4.79 Å². The van der Waals surface area contributed by atoms with Gasteiger partial charge in [-0.05, 0) is 37.8 Å². The second-order valence-electron chi connectivity index (χ2n) is 4.73. The summed E-state index contributed by atoms with van der Waals surface area (Å²) < 4.78 is 11.2. The molecule has 0 radical (unpaired) electrons. The molecule has 0 spiro atoms. The van der Waals surface area contributed by atoms with E-state index in [0.29, 0.717) is 18.6 Å². The number of esters is 1. The Labute approximate surface area is 113 Å². The Bertz CT molecular complexity index is 390. The van der Waals surface area contributed by atoms with Gasteiger partial charge in [-0.2, -0.15) is 0 Å². The standard InChI is InChI=1S/C15H20O4/c16-10-4-8-13-14(9-5-11-18-13)19-15(17)12-6-2-1-3-7-12/h1-3,6-7,13-14,16H,4-5,8-11H2. The minimum Gasteiger partial charge on any atom is -0.456 e. The molecule has 1 aromatic carbocycles. The lowest BCUT2D eigenvalue weighted by Crippen LogP contribution is -2.37. The maximum Gasteiger partial charge on any atom is 0.338 e. The molecule has 0 bridgehead atoms. The number of hydrogen-bond acceptors (Lipinski definition) is 4. The normalized spacial score (nSPS) is 23.0. The third-order valence-electron chi connectivity index (χ3n) is 3.29. The molecule has 1 heterocycles. The molecule has 0 aromatic heterocycles. The number of benzene rings is 1. The first-order valence-corrected chi connectivity index (χ1v) is 6.80. The van der Waals surface area contributed by atoms with Gasteiger partial charge in [0, 0.05) is 13.2 Å². The zero-order chi connectivity index (χ0) is 13.5. The van der Waals surface area contributed by atoms with Crippen LogP contribution in [-0.4, -0.2) is 36.5 Å². The van der Waals surface area contributed by atoms with Crippen LogP contribution in [0.1, 0.15) is 36.0 Å². The van der Waals surface area contributed by atoms with E-state index in [1.807, 2.05) is 18.2 Å². The van der Waals surface area contributed by atoms with Crippen LogP contribution < -0.4 is 0 Å². The molecular formula is C15H20O4. The molecule has 1 aliphatic heterocycles. The van der Waals surface area contributed by atoms with Crippen molar-refractivity contribution in [1.82, 2.24) is 0 Å². The summed E-state index contributed by atoms with van der Waals surface area (Å²) in [5.74, 6) is -0.301. The number of rotatable bonds is 5. The molecule has 104 valence electrons. The summed E-state index contributed by atoms with van der Waals surface area (Å²) in [5.41, 5.74) is 0.564. The smallest absolute Gasteiger partial charge is 0.338 e. The van der Waals surface area contributed by atoms with Crippen molar-refractivity contribution in [2.45, 2.75) is 37.9 Å². The van der Waals surface area contributed by atoms with Gasteiger partial charge in [-0.3, -0.25) is 0 Å². The number of hydrogen-bond donors (Lipinski definition) is 1. The average Bonchev–Trinajstić information content (AvgIpc) is 2.47. The topological polar surface area (TPSA) is 55.8 Å². The largest absolute Gasteiger partial charge is 0.456 e. The van der Waals surface area contributed by atoms with E-state index in [1.165, 1.54) is 0 Å². The van der Waals surface area contributed by atoms with Crippen molar-refractivity contribution in [3.05, 3.63) is 35.9 Å². The molecular weight excluding hydrogens is 244 g/mol. The quantitative estimate of drug-likeness (QED) is 0.828. The first-order valence-electron chi connectivity index (χ1n) is 6.80. The van der Waals surface area contributed by atoms with E-state index in [-0.39, 0.29) is 24.8 Å². The van der Waals surface area contributed by atoms with E-state index in [1.54, 1.807) is 12.1 Å². The number of aliphatic hydroxyl groups is 1. The molecule has 2 atom stereocenters. The third-order valence-corrected chi connectivity index (χ3v) is 3.29. The summed E-state index contributed by atoms with van der Waals surface area (Å²) in [6, 6.07) is 8.99. The van der Waals surface area contributed by atoms with Gasteiger partial charge in [0.1, 0.15) is 6.10 Å². The Morgan fingerprint density at radius 3 is 2.89 bits per heavy atom. The molecule has 2 unspecified atom stereocenters. The van der Waals surface area contributed by atoms with Crippen LogP contribution in [0, 0.1) is 0 Å². The van der Waals surface area contributed by atoms with Crippen molar-refractivity contribution < 1.29 is 19.4 Å². The highest BCUT2D eigenvalue weighted by Gasteiger charge is 2.29. The van der Waals surface area contributed by atoms with E-state index >= 15 is 0 Å². The lowest BCUT2D eigenvalue weighted by molar-refractivity contribution is -0.0878. The summed E-state index contributed by atoms with van der Waals surface area (Å²) >= 11 is 0. The van der Waals surface area contributed by atoms with Crippen molar-refractivity contribution in [2.24, 2.45) is 0 Å². The summed E-state index contributed by atoms with van der Waals surface area (Å²) in [5, 5.41) is 8.88. The van der Waals surface area contributed by atoms with Gasteiger partial charge in [0.05, 0.1) is 11.7 Å². The van der Waals surface area contributed by atoms with Gasteiger partial charge in [0.15, 0.2) is 0 Å². The Morgan fingerprint density at radius 2 is 2.16 bits per heavy atom. The van der Waals surface area contributed by atoms with E-state index in [0.717, 1.165) is 19.3 Å². The zero-order valence-corrected chi connectivity index (χ0v) is 11.0. The van der Waals surface area contributed by atoms with E-state index in [4.69, 9.17) is 14.6 Å². The van der Waals surface area contributed by atoms with Crippen LogP contribution in [-0.2, 0) is 9.47 Å². The van der Waals surface area contributed by atoms with Crippen LogP contribution in [0.15, 0.2) is 30.3 Å². The molecule has 1 aromatic rings. The van der Waals surface area contributed by atoms with Crippen LogP contribution in [0.5, 0.6) is 0 Å². The molecule has 4 nitrogen and oxygen atoms in total. The number of aliphatic hydroxyl groups excluding tert-OH is 1. The van der Waals surface area contributed by atoms with Crippen LogP contribution in [0.25, 0.3) is 0 Å². The molecule has 4 heteroatoms. The first kappa shape index (κ1) is 14.0. The van der Waals surface area contributed by atoms with Crippen molar-refractivity contribution in [1.29, 1.82) is 0 Å². The van der Waals surface area contributed by atoms with E-state index in [9.17, 15) is 4.79 Å². The maximum absolute atomic E-state index is 12.0. The molecule has 1 saturated heterocycles. The van der Waals surface area contributed by atoms with Crippen molar-refractivity contribution in [3.63, 3.8) is 0 Å². The summed E-state index contributed by atoms with van der Waals surface area (Å²) in [4.78, 5) is 12.0. The van der Waals surface area contributed by atoms with Crippen molar-refractivity contribution in [2.75, 3.05) is 13.2 Å². The molecule has 0 aliphatic carbocycles. The third kappa shape index (κ3) is 4.04.